The smallest absolute Gasteiger partial charge is 0.308 e. The first-order valence-electron chi connectivity index (χ1n) is 8.22. The molecule has 0 amide bonds. The van der Waals surface area contributed by atoms with Gasteiger partial charge in [0, 0.05) is 12.1 Å². The number of carbonyl (C=O) groups is 1. The van der Waals surface area contributed by atoms with Crippen LogP contribution < -0.4 is 0 Å². The van der Waals surface area contributed by atoms with E-state index in [9.17, 15) is 9.90 Å². The lowest BCUT2D eigenvalue weighted by Gasteiger charge is -2.41. The van der Waals surface area contributed by atoms with Crippen LogP contribution in [0.4, 0.5) is 0 Å². The van der Waals surface area contributed by atoms with E-state index in [1.165, 1.54) is 31.2 Å². The van der Waals surface area contributed by atoms with Crippen LogP contribution in [0.15, 0.2) is 30.3 Å². The van der Waals surface area contributed by atoms with Crippen LogP contribution in [0.2, 0.25) is 0 Å². The summed E-state index contributed by atoms with van der Waals surface area (Å²) in [5.41, 5.74) is 1.42. The van der Waals surface area contributed by atoms with E-state index in [-0.39, 0.29) is 12.0 Å². The molecule has 1 saturated heterocycles. The van der Waals surface area contributed by atoms with Crippen molar-refractivity contribution in [2.75, 3.05) is 6.54 Å². The third-order valence-corrected chi connectivity index (χ3v) is 5.50. The van der Waals surface area contributed by atoms with Crippen LogP contribution in [0.25, 0.3) is 0 Å². The van der Waals surface area contributed by atoms with Crippen molar-refractivity contribution in [3.63, 3.8) is 0 Å². The summed E-state index contributed by atoms with van der Waals surface area (Å²) in [7, 11) is 0. The Labute approximate surface area is 127 Å². The van der Waals surface area contributed by atoms with Gasteiger partial charge in [-0.25, -0.2) is 0 Å². The highest BCUT2D eigenvalue weighted by molar-refractivity contribution is 5.71. The van der Waals surface area contributed by atoms with Gasteiger partial charge in [0.1, 0.15) is 0 Å². The molecule has 1 aliphatic carbocycles. The zero-order valence-corrected chi connectivity index (χ0v) is 12.7. The summed E-state index contributed by atoms with van der Waals surface area (Å²) in [5.74, 6) is -0.254. The molecule has 3 rings (SSSR count). The molecule has 1 N–H and O–H groups in total. The molecule has 3 nitrogen and oxygen atoms in total. The Kier molecular flexibility index (Phi) is 4.29. The van der Waals surface area contributed by atoms with Gasteiger partial charge in [-0.3, -0.25) is 9.69 Å². The number of carboxylic acid groups (broad SMARTS) is 1. The first kappa shape index (κ1) is 14.6. The maximum atomic E-state index is 11.4. The molecule has 1 aromatic rings. The molecule has 1 aliphatic heterocycles. The Morgan fingerprint density at radius 3 is 2.52 bits per heavy atom. The van der Waals surface area contributed by atoms with E-state index in [0.29, 0.717) is 12.0 Å². The number of hydrogen-bond donors (Lipinski definition) is 1. The Morgan fingerprint density at radius 1 is 1.14 bits per heavy atom. The Hall–Kier alpha value is -1.35. The predicted molar refractivity (Wildman–Crippen MR) is 83.3 cm³/mol. The van der Waals surface area contributed by atoms with Crippen LogP contribution in [0.5, 0.6) is 0 Å². The van der Waals surface area contributed by atoms with Crippen molar-refractivity contribution < 1.29 is 9.90 Å². The third kappa shape index (κ3) is 2.84. The first-order chi connectivity index (χ1) is 10.2. The Morgan fingerprint density at radius 2 is 1.86 bits per heavy atom. The van der Waals surface area contributed by atoms with Crippen molar-refractivity contribution in [2.45, 2.75) is 57.0 Å². The average molecular weight is 287 g/mol. The quantitative estimate of drug-likeness (QED) is 0.925. The first-order valence-corrected chi connectivity index (χ1v) is 8.22. The lowest BCUT2D eigenvalue weighted by molar-refractivity contribution is -0.142. The molecule has 0 spiro atoms. The second kappa shape index (κ2) is 6.18. The molecular weight excluding hydrogens is 262 g/mol. The van der Waals surface area contributed by atoms with Gasteiger partial charge in [0.05, 0.1) is 5.92 Å². The molecule has 2 fully saturated rings. The van der Waals surface area contributed by atoms with Gasteiger partial charge < -0.3 is 5.11 Å². The van der Waals surface area contributed by atoms with Gasteiger partial charge in [-0.2, -0.15) is 0 Å². The van der Waals surface area contributed by atoms with Crippen LogP contribution in [0.1, 0.15) is 50.5 Å². The highest BCUT2D eigenvalue weighted by Gasteiger charge is 2.42. The number of rotatable bonds is 3. The van der Waals surface area contributed by atoms with Crippen LogP contribution >= 0.6 is 0 Å². The van der Waals surface area contributed by atoms with Gasteiger partial charge >= 0.3 is 5.97 Å². The molecule has 4 unspecified atom stereocenters. The summed E-state index contributed by atoms with van der Waals surface area (Å²) in [6.45, 7) is 3.04. The number of hydrogen-bond acceptors (Lipinski definition) is 2. The van der Waals surface area contributed by atoms with Gasteiger partial charge in [-0.05, 0) is 44.2 Å². The zero-order valence-electron chi connectivity index (χ0n) is 12.7. The summed E-state index contributed by atoms with van der Waals surface area (Å²) in [5, 5.41) is 9.36. The standard InChI is InChI=1S/C18H25NO2/c1-13-15(18(20)21)11-12-19(13)17-10-6-5-9-16(17)14-7-3-2-4-8-14/h2-4,7-8,13,15-17H,5-6,9-12H2,1H3,(H,20,21). The highest BCUT2D eigenvalue weighted by Crippen LogP contribution is 2.40. The van der Waals surface area contributed by atoms with E-state index < -0.39 is 5.97 Å². The van der Waals surface area contributed by atoms with Crippen LogP contribution in [0.3, 0.4) is 0 Å². The molecule has 0 radical (unpaired) electrons. The minimum absolute atomic E-state index is 0.164. The molecular formula is C18H25NO2. The van der Waals surface area contributed by atoms with Gasteiger partial charge in [0.25, 0.3) is 0 Å². The highest BCUT2D eigenvalue weighted by atomic mass is 16.4. The lowest BCUT2D eigenvalue weighted by atomic mass is 9.79. The maximum Gasteiger partial charge on any atom is 0.308 e. The predicted octanol–water partition coefficient (Wildman–Crippen LogP) is 3.51. The number of aliphatic carboxylic acids is 1. The normalized spacial score (nSPS) is 34.0. The molecule has 0 aromatic heterocycles. The van der Waals surface area contributed by atoms with E-state index in [0.717, 1.165) is 13.0 Å². The molecule has 2 aliphatic rings. The van der Waals surface area contributed by atoms with Gasteiger partial charge in [-0.15, -0.1) is 0 Å². The minimum atomic E-state index is -0.628. The molecule has 1 aromatic carbocycles. The van der Waals surface area contributed by atoms with Gasteiger partial charge in [-0.1, -0.05) is 43.2 Å². The second-order valence-corrected chi connectivity index (χ2v) is 6.58. The van der Waals surface area contributed by atoms with Crippen LogP contribution in [0, 0.1) is 5.92 Å². The zero-order chi connectivity index (χ0) is 14.8. The van der Waals surface area contributed by atoms with E-state index >= 15 is 0 Å². The van der Waals surface area contributed by atoms with E-state index in [1.807, 2.05) is 0 Å². The SMILES string of the molecule is CC1C(C(=O)O)CCN1C1CCCCC1c1ccccc1. The fourth-order valence-corrected chi connectivity index (χ4v) is 4.36. The van der Waals surface area contributed by atoms with Crippen molar-refractivity contribution >= 4 is 5.97 Å². The van der Waals surface area contributed by atoms with Crippen LogP contribution in [-0.2, 0) is 4.79 Å². The summed E-state index contributed by atoms with van der Waals surface area (Å²) in [4.78, 5) is 13.8. The summed E-state index contributed by atoms with van der Waals surface area (Å²) in [6.07, 6.45) is 5.80. The lowest BCUT2D eigenvalue weighted by Crippen LogP contribution is -2.45. The molecule has 1 saturated carbocycles. The Bertz CT molecular complexity index is 487. The number of nitrogens with zero attached hydrogens (tertiary/aromatic N) is 1. The van der Waals surface area contributed by atoms with Gasteiger partial charge in [0.15, 0.2) is 0 Å². The van der Waals surface area contributed by atoms with Crippen LogP contribution in [-0.4, -0.2) is 34.6 Å². The van der Waals surface area contributed by atoms with E-state index in [2.05, 4.69) is 42.2 Å². The third-order valence-electron chi connectivity index (χ3n) is 5.50. The second-order valence-electron chi connectivity index (χ2n) is 6.58. The Balaban J connectivity index is 1.81. The van der Waals surface area contributed by atoms with Crippen molar-refractivity contribution in [2.24, 2.45) is 5.92 Å². The van der Waals surface area contributed by atoms with Crippen molar-refractivity contribution in [3.8, 4) is 0 Å². The average Bonchev–Trinajstić information content (AvgIpc) is 2.90. The topological polar surface area (TPSA) is 40.5 Å². The molecule has 0 bridgehead atoms. The summed E-state index contributed by atoms with van der Waals surface area (Å²) in [6, 6.07) is 11.5. The van der Waals surface area contributed by atoms with E-state index in [4.69, 9.17) is 0 Å². The molecule has 3 heteroatoms. The molecule has 114 valence electrons. The molecule has 21 heavy (non-hydrogen) atoms. The minimum Gasteiger partial charge on any atom is -0.481 e. The van der Waals surface area contributed by atoms with Crippen molar-refractivity contribution in [1.82, 2.24) is 4.90 Å². The number of benzene rings is 1. The number of carboxylic acids is 1. The number of likely N-dealkylation sites (tertiary alicyclic amines) is 1. The summed E-state index contributed by atoms with van der Waals surface area (Å²) >= 11 is 0. The van der Waals surface area contributed by atoms with Crippen molar-refractivity contribution in [1.29, 1.82) is 0 Å². The monoisotopic (exact) mass is 287 g/mol. The van der Waals surface area contributed by atoms with Crippen molar-refractivity contribution in [3.05, 3.63) is 35.9 Å². The molecule has 1 heterocycles. The van der Waals surface area contributed by atoms with Gasteiger partial charge in [0.2, 0.25) is 0 Å². The maximum absolute atomic E-state index is 11.4. The largest absolute Gasteiger partial charge is 0.481 e. The fraction of sp³-hybridized carbons (Fsp3) is 0.611. The summed E-state index contributed by atoms with van der Waals surface area (Å²) < 4.78 is 0. The molecule has 4 atom stereocenters. The fourth-order valence-electron chi connectivity index (χ4n) is 4.36. The van der Waals surface area contributed by atoms with E-state index in [1.54, 1.807) is 0 Å².